The van der Waals surface area contributed by atoms with Crippen LogP contribution in [0.4, 0.5) is 20.1 Å². The van der Waals surface area contributed by atoms with Crippen LogP contribution in [0.25, 0.3) is 10.9 Å². The van der Waals surface area contributed by atoms with Crippen LogP contribution in [0.1, 0.15) is 150 Å². The molecule has 8 N–H and O–H groups in total. The first-order valence-electron chi connectivity index (χ1n) is 33.0. The molecule has 3 aromatic carbocycles. The molecule has 0 unspecified atom stereocenters. The van der Waals surface area contributed by atoms with Crippen molar-refractivity contribution >= 4 is 70.0 Å². The minimum absolute atomic E-state index is 0.0713. The van der Waals surface area contributed by atoms with E-state index in [4.69, 9.17) is 24.7 Å². The number of benzene rings is 3. The average molecular weight is 1310 g/mol. The molecule has 0 spiro atoms. The number of aliphatic hydroxyl groups excluding tert-OH is 1. The van der Waals surface area contributed by atoms with Crippen molar-refractivity contribution in [3.63, 3.8) is 0 Å². The van der Waals surface area contributed by atoms with Gasteiger partial charge in [0.05, 0.1) is 42.9 Å². The Balaban J connectivity index is 1.22. The van der Waals surface area contributed by atoms with Crippen molar-refractivity contribution in [1.29, 1.82) is 0 Å². The molecule has 5 rings (SSSR count). The zero-order valence-corrected chi connectivity index (χ0v) is 57.8. The van der Waals surface area contributed by atoms with Crippen molar-refractivity contribution in [3.8, 4) is 0 Å². The quantitative estimate of drug-likeness (QED) is 0.0211. The molecule has 0 saturated carbocycles. The molecular weight excluding hydrogens is 1200 g/mol. The van der Waals surface area contributed by atoms with Crippen molar-refractivity contribution in [1.82, 2.24) is 35.6 Å². The van der Waals surface area contributed by atoms with Crippen LogP contribution in [0.2, 0.25) is 0 Å². The topological polar surface area (TPSA) is 310 Å². The first kappa shape index (κ1) is 76.8. The Bertz CT molecular complexity index is 3150. The number of ketones is 2. The van der Waals surface area contributed by atoms with Crippen molar-refractivity contribution < 1.29 is 67.2 Å². The summed E-state index contributed by atoms with van der Waals surface area (Å²) in [5.74, 6) is -5.01. The summed E-state index contributed by atoms with van der Waals surface area (Å²) >= 11 is 0. The predicted molar refractivity (Wildman–Crippen MR) is 360 cm³/mol. The van der Waals surface area contributed by atoms with Crippen LogP contribution in [0, 0.1) is 35.5 Å². The lowest BCUT2D eigenvalue weighted by Gasteiger charge is -2.41. The maximum Gasteiger partial charge on any atom is 0.410 e. The molecule has 2 heterocycles. The molecule has 1 saturated heterocycles. The molecule has 0 radical (unpaired) electrons. The number of likely N-dealkylation sites (tertiary alicyclic amines) is 1. The minimum Gasteiger partial charge on any atom is -0.445 e. The molecule has 23 nitrogen and oxygen atoms in total. The molecule has 518 valence electrons. The number of ether oxygens (including phenoxy) is 4. The summed E-state index contributed by atoms with van der Waals surface area (Å²) in [5, 5.41) is 23.0. The number of hydrogen-bond donors (Lipinski definition) is 7. The van der Waals surface area contributed by atoms with E-state index >= 15 is 0 Å². The third-order valence-corrected chi connectivity index (χ3v) is 18.0. The number of likely N-dealkylation sites (N-methyl/N-ethyl adjacent to an activating group) is 2. The van der Waals surface area contributed by atoms with E-state index < -0.39 is 120 Å². The predicted octanol–water partition coefficient (Wildman–Crippen LogP) is 9.25. The molecule has 1 aliphatic heterocycles. The monoisotopic (exact) mass is 1310 g/mol. The van der Waals surface area contributed by atoms with Crippen LogP contribution < -0.4 is 27.0 Å². The standard InChI is InChI=1S/C71H105N9O14/c1-16-44(6)62(58(91-14)39-59(83)80-35-23-29-55(80)64(92-15)46(8)56(81)36-45(7)63(84)48-24-18-17-19-25-48)78(12)67(87)60(42(2)3)77-66(86)61(43(4)5)79(13)70(90)93-41-47-30-32-51(33-31-47)75-65(85)49(26-22-34-73-68(72)88)38-57(82)54(76-69(89)94-71(9,10)11)37-50-40-74-53-28-21-20-27-52(50)53/h17-21,24-25,27-28,30-33,40,42-46,49,54-55,58,60-64,74,84H,16,22-23,26,29,34-39,41H2,1-15H3,(H,75,85)(H,76,89)(H,77,86)(H3,72,73,88)/t44-,45-,46-,49+,54-,55-,58+,60-,61-,62-,63+,64+/m0/s1. The Kier molecular flexibility index (Phi) is 29.5. The number of nitrogens with one attached hydrogen (secondary N) is 5. The van der Waals surface area contributed by atoms with E-state index in [0.717, 1.165) is 22.0 Å². The minimum atomic E-state index is -1.07. The fourth-order valence-electron chi connectivity index (χ4n) is 12.6. The third kappa shape index (κ3) is 21.8. The summed E-state index contributed by atoms with van der Waals surface area (Å²) in [5.41, 5.74) is 7.74. The number of carbonyl (C=O) groups is 9. The number of rotatable bonds is 35. The summed E-state index contributed by atoms with van der Waals surface area (Å²) in [6, 6.07) is 18.4. The van der Waals surface area contributed by atoms with E-state index in [-0.39, 0.29) is 68.8 Å². The van der Waals surface area contributed by atoms with E-state index in [0.29, 0.717) is 43.5 Å². The number of fused-ring (bicyclic) bond motifs is 1. The number of methoxy groups -OCH3 is 2. The molecule has 0 aliphatic carbocycles. The van der Waals surface area contributed by atoms with E-state index in [1.807, 2.05) is 96.1 Å². The number of aromatic nitrogens is 1. The van der Waals surface area contributed by atoms with E-state index in [1.165, 1.54) is 19.1 Å². The normalized spacial score (nSPS) is 16.9. The number of anilines is 1. The van der Waals surface area contributed by atoms with Gasteiger partial charge in [0.25, 0.3) is 0 Å². The van der Waals surface area contributed by atoms with Gasteiger partial charge >= 0.3 is 18.2 Å². The number of carbonyl (C=O) groups excluding carboxylic acids is 9. The fourth-order valence-corrected chi connectivity index (χ4v) is 12.6. The average Bonchev–Trinajstić information content (AvgIpc) is 1.40. The zero-order chi connectivity index (χ0) is 69.7. The van der Waals surface area contributed by atoms with Crippen LogP contribution in [0.5, 0.6) is 0 Å². The molecule has 1 aromatic heterocycles. The van der Waals surface area contributed by atoms with Gasteiger partial charge in [-0.2, -0.15) is 0 Å². The molecular formula is C71H105N9O14. The third-order valence-electron chi connectivity index (χ3n) is 18.0. The molecule has 23 heteroatoms. The highest BCUT2D eigenvalue weighted by Gasteiger charge is 2.44. The van der Waals surface area contributed by atoms with E-state index in [9.17, 15) is 48.3 Å². The fraction of sp³-hybridized carbons (Fsp3) is 0.592. The lowest BCUT2D eigenvalue weighted by molar-refractivity contribution is -0.148. The lowest BCUT2D eigenvalue weighted by atomic mass is 9.85. The molecule has 1 aliphatic rings. The van der Waals surface area contributed by atoms with Crippen molar-refractivity contribution in [3.05, 3.63) is 102 Å². The summed E-state index contributed by atoms with van der Waals surface area (Å²) in [6.07, 6.45) is 0.337. The summed E-state index contributed by atoms with van der Waals surface area (Å²) in [4.78, 5) is 132. The zero-order valence-electron chi connectivity index (χ0n) is 57.8. The number of hydrogen-bond acceptors (Lipinski definition) is 14. The van der Waals surface area contributed by atoms with E-state index in [1.54, 1.807) is 89.0 Å². The Morgan fingerprint density at radius 1 is 0.777 bits per heavy atom. The van der Waals surface area contributed by atoms with Gasteiger partial charge in [0, 0.05) is 95.3 Å². The van der Waals surface area contributed by atoms with Gasteiger partial charge in [0.15, 0.2) is 5.78 Å². The largest absolute Gasteiger partial charge is 0.445 e. The second-order valence-electron chi connectivity index (χ2n) is 26.9. The number of aliphatic hydroxyl groups is 1. The Hall–Kier alpha value is -7.89. The summed E-state index contributed by atoms with van der Waals surface area (Å²) in [7, 11) is 6.16. The number of para-hydroxylation sites is 1. The lowest BCUT2D eigenvalue weighted by Crippen LogP contribution is -2.60. The first-order valence-corrected chi connectivity index (χ1v) is 33.0. The number of nitrogens with two attached hydrogens (primary N) is 1. The number of amides is 8. The molecule has 8 amide bonds. The van der Waals surface area contributed by atoms with Gasteiger partial charge in [0.2, 0.25) is 23.6 Å². The van der Waals surface area contributed by atoms with Crippen molar-refractivity contribution in [2.75, 3.05) is 46.7 Å². The molecule has 4 aromatic rings. The van der Waals surface area contributed by atoms with Crippen LogP contribution in [0.15, 0.2) is 85.1 Å². The Morgan fingerprint density at radius 3 is 2.04 bits per heavy atom. The molecule has 12 atom stereocenters. The van der Waals surface area contributed by atoms with Gasteiger partial charge in [-0.05, 0) is 105 Å². The van der Waals surface area contributed by atoms with Gasteiger partial charge < -0.3 is 65.8 Å². The highest BCUT2D eigenvalue weighted by molar-refractivity contribution is 5.98. The number of nitrogens with zero attached hydrogens (tertiary/aromatic N) is 3. The number of primary amides is 1. The number of urea groups is 1. The summed E-state index contributed by atoms with van der Waals surface area (Å²) in [6.45, 7) is 20.3. The second kappa shape index (κ2) is 36.1. The maximum atomic E-state index is 14.8. The highest BCUT2D eigenvalue weighted by atomic mass is 16.6. The van der Waals surface area contributed by atoms with Crippen molar-refractivity contribution in [2.45, 2.75) is 195 Å². The van der Waals surface area contributed by atoms with Gasteiger partial charge in [-0.1, -0.05) is 122 Å². The molecule has 0 bridgehead atoms. The van der Waals surface area contributed by atoms with Gasteiger partial charge in [-0.3, -0.25) is 33.7 Å². The molecule has 1 fully saturated rings. The number of H-pyrrole nitrogens is 1. The van der Waals surface area contributed by atoms with Gasteiger partial charge in [0.1, 0.15) is 30.1 Å². The van der Waals surface area contributed by atoms with Crippen LogP contribution in [-0.2, 0) is 60.7 Å². The van der Waals surface area contributed by atoms with Gasteiger partial charge in [-0.15, -0.1) is 0 Å². The maximum absolute atomic E-state index is 14.8. The van der Waals surface area contributed by atoms with Crippen LogP contribution >= 0.6 is 0 Å². The SMILES string of the molecule is CC[C@H](C)[C@@H]([C@@H](CC(=O)N1CCC[C@H]1[C@H](OC)[C@@H](C)C(=O)C[C@H](C)[C@@H](O)c1ccccc1)OC)N(C)C(=O)[C@@H](NC(=O)[C@H](C(C)C)N(C)C(=O)OCc1ccc(NC(=O)[C@H](CCCNC(N)=O)CC(=O)[C@H](Cc2c[nH]c3ccccc23)NC(=O)OC(C)(C)C)cc1)C(C)C. The number of Topliss-reactive ketones (excluding diaryl/α,β-unsaturated/α-hetero) is 2. The first-order chi connectivity index (χ1) is 44.4. The number of alkyl carbamates (subject to hydrolysis) is 1. The van der Waals surface area contributed by atoms with E-state index in [2.05, 4.69) is 26.3 Å². The van der Waals surface area contributed by atoms with Crippen LogP contribution in [0.3, 0.4) is 0 Å². The Labute approximate surface area is 555 Å². The van der Waals surface area contributed by atoms with Gasteiger partial charge in [-0.25, -0.2) is 14.4 Å². The van der Waals surface area contributed by atoms with Crippen molar-refractivity contribution in [2.24, 2.45) is 41.2 Å². The summed E-state index contributed by atoms with van der Waals surface area (Å²) < 4.78 is 23.4. The van der Waals surface area contributed by atoms with Crippen LogP contribution in [-0.4, -0.2) is 168 Å². The number of aromatic amines is 1. The Morgan fingerprint density at radius 2 is 1.44 bits per heavy atom. The highest BCUT2D eigenvalue weighted by Crippen LogP contribution is 2.33. The smallest absolute Gasteiger partial charge is 0.410 e. The molecule has 94 heavy (non-hydrogen) atoms. The second-order valence-corrected chi connectivity index (χ2v) is 26.9.